The first-order valence-electron chi connectivity index (χ1n) is 5.19. The Balaban J connectivity index is 2.87. The summed E-state index contributed by atoms with van der Waals surface area (Å²) < 4.78 is 4.65. The van der Waals surface area contributed by atoms with Crippen LogP contribution >= 0.6 is 0 Å². The lowest BCUT2D eigenvalue weighted by Gasteiger charge is -2.06. The van der Waals surface area contributed by atoms with E-state index in [1.54, 1.807) is 17.3 Å². The molecule has 17 heavy (non-hydrogen) atoms. The smallest absolute Gasteiger partial charge is 0.358 e. The van der Waals surface area contributed by atoms with Crippen molar-refractivity contribution < 1.29 is 9.53 Å². The zero-order chi connectivity index (χ0) is 12.7. The van der Waals surface area contributed by atoms with Crippen molar-refractivity contribution in [3.63, 3.8) is 0 Å². The molecule has 4 heteroatoms. The maximum absolute atomic E-state index is 11.4. The zero-order valence-corrected chi connectivity index (χ0v) is 10.3. The van der Waals surface area contributed by atoms with Gasteiger partial charge in [0.15, 0.2) is 5.70 Å². The molecular formula is C13H16N2O2. The number of ether oxygens (including phenoxy) is 1. The van der Waals surface area contributed by atoms with E-state index in [0.29, 0.717) is 0 Å². The van der Waals surface area contributed by atoms with E-state index in [1.807, 2.05) is 44.4 Å². The molecule has 0 bridgehead atoms. The van der Waals surface area contributed by atoms with Gasteiger partial charge in [0.2, 0.25) is 0 Å². The highest BCUT2D eigenvalue weighted by Gasteiger charge is 2.07. The fraction of sp³-hybridized carbons (Fsp3) is 0.231. The largest absolute Gasteiger partial charge is 0.464 e. The number of methoxy groups -OCH3 is 1. The summed E-state index contributed by atoms with van der Waals surface area (Å²) in [4.78, 5) is 17.3. The van der Waals surface area contributed by atoms with Crippen LogP contribution in [0.25, 0.3) is 0 Å². The lowest BCUT2D eigenvalue weighted by Crippen LogP contribution is -2.09. The highest BCUT2D eigenvalue weighted by atomic mass is 16.5. The minimum atomic E-state index is -0.453. The fourth-order valence-electron chi connectivity index (χ4n) is 1.17. The van der Waals surface area contributed by atoms with Crippen LogP contribution in [0.5, 0.6) is 0 Å². The highest BCUT2D eigenvalue weighted by molar-refractivity contribution is 5.92. The third-order valence-corrected chi connectivity index (χ3v) is 1.93. The van der Waals surface area contributed by atoms with Gasteiger partial charge < -0.3 is 9.64 Å². The number of rotatable bonds is 4. The van der Waals surface area contributed by atoms with E-state index in [9.17, 15) is 4.79 Å². The Morgan fingerprint density at radius 2 is 1.94 bits per heavy atom. The molecule has 1 rings (SSSR count). The fourth-order valence-corrected chi connectivity index (χ4v) is 1.17. The first-order chi connectivity index (χ1) is 8.13. The summed E-state index contributed by atoms with van der Waals surface area (Å²) in [7, 11) is 4.98. The topological polar surface area (TPSA) is 41.9 Å². The predicted molar refractivity (Wildman–Crippen MR) is 67.8 cm³/mol. The maximum atomic E-state index is 11.4. The Morgan fingerprint density at radius 1 is 1.29 bits per heavy atom. The van der Waals surface area contributed by atoms with Crippen LogP contribution < -0.4 is 0 Å². The molecule has 0 saturated heterocycles. The predicted octanol–water partition coefficient (Wildman–Crippen LogP) is 1.68. The minimum Gasteiger partial charge on any atom is -0.464 e. The highest BCUT2D eigenvalue weighted by Crippen LogP contribution is 2.02. The molecule has 90 valence electrons. The van der Waals surface area contributed by atoms with Crippen LogP contribution in [0.4, 0.5) is 0 Å². The monoisotopic (exact) mass is 232 g/mol. The normalized spacial score (nSPS) is 11.6. The van der Waals surface area contributed by atoms with E-state index in [-0.39, 0.29) is 5.70 Å². The number of aliphatic imine (C=N–C) groups is 1. The molecule has 1 aromatic rings. The van der Waals surface area contributed by atoms with E-state index < -0.39 is 5.97 Å². The number of esters is 1. The second-order valence-electron chi connectivity index (χ2n) is 3.64. The number of carbonyl (C=O) groups is 1. The number of benzene rings is 1. The molecule has 0 amide bonds. The van der Waals surface area contributed by atoms with Crippen LogP contribution in [0.1, 0.15) is 5.56 Å². The van der Waals surface area contributed by atoms with Crippen molar-refractivity contribution in [2.24, 2.45) is 4.99 Å². The molecule has 0 radical (unpaired) electrons. The first kappa shape index (κ1) is 13.0. The summed E-state index contributed by atoms with van der Waals surface area (Å²) >= 11 is 0. The van der Waals surface area contributed by atoms with Gasteiger partial charge in [-0.1, -0.05) is 30.3 Å². The summed E-state index contributed by atoms with van der Waals surface area (Å²) in [6, 6.07) is 9.57. The Hall–Kier alpha value is -2.10. The summed E-state index contributed by atoms with van der Waals surface area (Å²) in [6.45, 7) is 0. The Kier molecular flexibility index (Phi) is 4.94. The van der Waals surface area contributed by atoms with Crippen molar-refractivity contribution in [1.29, 1.82) is 0 Å². The Bertz CT molecular complexity index is 422. The summed E-state index contributed by atoms with van der Waals surface area (Å²) in [6.07, 6.45) is 3.25. The first-order valence-corrected chi connectivity index (χ1v) is 5.19. The summed E-state index contributed by atoms with van der Waals surface area (Å²) in [5.74, 6) is -0.453. The van der Waals surface area contributed by atoms with Crippen molar-refractivity contribution in [1.82, 2.24) is 4.90 Å². The van der Waals surface area contributed by atoms with Crippen molar-refractivity contribution in [3.05, 3.63) is 47.8 Å². The van der Waals surface area contributed by atoms with E-state index in [1.165, 1.54) is 7.11 Å². The van der Waals surface area contributed by atoms with Gasteiger partial charge in [0.1, 0.15) is 0 Å². The molecule has 0 aliphatic carbocycles. The van der Waals surface area contributed by atoms with Crippen LogP contribution in [0.15, 0.2) is 47.2 Å². The van der Waals surface area contributed by atoms with E-state index in [4.69, 9.17) is 0 Å². The maximum Gasteiger partial charge on any atom is 0.358 e. The van der Waals surface area contributed by atoms with Gasteiger partial charge in [0.25, 0.3) is 0 Å². The molecule has 0 fully saturated rings. The van der Waals surface area contributed by atoms with E-state index in [2.05, 4.69) is 9.73 Å². The molecule has 0 unspecified atom stereocenters. The molecular weight excluding hydrogens is 216 g/mol. The van der Waals surface area contributed by atoms with E-state index >= 15 is 0 Å². The van der Waals surface area contributed by atoms with Crippen molar-refractivity contribution in [3.8, 4) is 0 Å². The number of hydrogen-bond acceptors (Lipinski definition) is 4. The summed E-state index contributed by atoms with van der Waals surface area (Å²) in [5, 5.41) is 0. The van der Waals surface area contributed by atoms with Gasteiger partial charge in [-0.2, -0.15) is 0 Å². The Labute approximate surface area is 101 Å². The Morgan fingerprint density at radius 3 is 2.47 bits per heavy atom. The standard InChI is InChI=1S/C13H16N2O2/c1-15(2)10-12(13(16)17-3)14-9-11-7-5-4-6-8-11/h4-10H,1-3H3. The second-order valence-corrected chi connectivity index (χ2v) is 3.64. The zero-order valence-electron chi connectivity index (χ0n) is 10.3. The number of carbonyl (C=O) groups excluding carboxylic acids is 1. The van der Waals surface area contributed by atoms with Gasteiger partial charge in [-0.3, -0.25) is 0 Å². The molecule has 0 heterocycles. The van der Waals surface area contributed by atoms with Gasteiger partial charge in [0, 0.05) is 26.5 Å². The minimum absolute atomic E-state index is 0.265. The van der Waals surface area contributed by atoms with Crippen LogP contribution in [0.2, 0.25) is 0 Å². The molecule has 0 aliphatic rings. The van der Waals surface area contributed by atoms with Gasteiger partial charge in [-0.05, 0) is 5.56 Å². The average molecular weight is 232 g/mol. The lowest BCUT2D eigenvalue weighted by atomic mass is 10.2. The van der Waals surface area contributed by atoms with Crippen molar-refractivity contribution >= 4 is 12.2 Å². The summed E-state index contributed by atoms with van der Waals surface area (Å²) in [5.41, 5.74) is 1.20. The SMILES string of the molecule is COC(=O)C(=CN(C)C)N=Cc1ccccc1. The van der Waals surface area contributed by atoms with Crippen molar-refractivity contribution in [2.75, 3.05) is 21.2 Å². The molecule has 0 atom stereocenters. The number of hydrogen-bond donors (Lipinski definition) is 0. The average Bonchev–Trinajstić information content (AvgIpc) is 2.34. The molecule has 0 aliphatic heterocycles. The van der Waals surface area contributed by atoms with Gasteiger partial charge in [-0.15, -0.1) is 0 Å². The lowest BCUT2D eigenvalue weighted by molar-refractivity contribution is -0.136. The molecule has 4 nitrogen and oxygen atoms in total. The van der Waals surface area contributed by atoms with Crippen LogP contribution in [0, 0.1) is 0 Å². The van der Waals surface area contributed by atoms with Crippen LogP contribution in [0.3, 0.4) is 0 Å². The molecule has 0 saturated carbocycles. The van der Waals surface area contributed by atoms with Gasteiger partial charge in [0.05, 0.1) is 7.11 Å². The third kappa shape index (κ3) is 4.51. The van der Waals surface area contributed by atoms with Crippen LogP contribution in [-0.4, -0.2) is 38.3 Å². The quantitative estimate of drug-likeness (QED) is 0.450. The van der Waals surface area contributed by atoms with Gasteiger partial charge in [-0.25, -0.2) is 9.79 Å². The third-order valence-electron chi connectivity index (χ3n) is 1.93. The second kappa shape index (κ2) is 6.48. The van der Waals surface area contributed by atoms with Gasteiger partial charge >= 0.3 is 5.97 Å². The molecule has 0 aromatic heterocycles. The number of nitrogens with zero attached hydrogens (tertiary/aromatic N) is 2. The van der Waals surface area contributed by atoms with E-state index in [0.717, 1.165) is 5.56 Å². The van der Waals surface area contributed by atoms with Crippen LogP contribution in [-0.2, 0) is 9.53 Å². The molecule has 1 aromatic carbocycles. The molecule has 0 spiro atoms. The molecule has 0 N–H and O–H groups in total. The van der Waals surface area contributed by atoms with Crippen molar-refractivity contribution in [2.45, 2.75) is 0 Å².